The Bertz CT molecular complexity index is 360. The first kappa shape index (κ1) is 15.2. The van der Waals surface area contributed by atoms with Crippen LogP contribution >= 0.6 is 11.6 Å². The predicted octanol–water partition coefficient (Wildman–Crippen LogP) is 2.27. The van der Waals surface area contributed by atoms with E-state index in [4.69, 9.17) is 25.8 Å². The van der Waals surface area contributed by atoms with Crippen molar-refractivity contribution in [3.05, 3.63) is 28.8 Å². The van der Waals surface area contributed by atoms with Gasteiger partial charge in [0.15, 0.2) is 0 Å². The third-order valence-electron chi connectivity index (χ3n) is 2.64. The van der Waals surface area contributed by atoms with E-state index in [1.54, 1.807) is 14.2 Å². The Morgan fingerprint density at radius 1 is 1.28 bits per heavy atom. The summed E-state index contributed by atoms with van der Waals surface area (Å²) in [6.45, 7) is 1.75. The van der Waals surface area contributed by atoms with E-state index in [2.05, 4.69) is 5.32 Å². The molecule has 102 valence electrons. The number of nitrogens with one attached hydrogen (secondary N) is 1. The zero-order valence-electron chi connectivity index (χ0n) is 11.0. The molecular formula is C13H20ClNO3. The molecule has 1 unspecified atom stereocenters. The maximum atomic E-state index is 6.00. The van der Waals surface area contributed by atoms with Crippen LogP contribution < -0.4 is 10.1 Å². The summed E-state index contributed by atoms with van der Waals surface area (Å²) in [6.07, 6.45) is 0. The summed E-state index contributed by atoms with van der Waals surface area (Å²) in [5.74, 6) is 0.673. The topological polar surface area (TPSA) is 39.7 Å². The molecule has 4 nitrogen and oxygen atoms in total. The SMILES string of the molecule is CNC(COCCOC)c1ccc(Cl)c(OC)c1. The van der Waals surface area contributed by atoms with Gasteiger partial charge in [-0.05, 0) is 24.7 Å². The van der Waals surface area contributed by atoms with Crippen LogP contribution in [0.25, 0.3) is 0 Å². The second-order valence-corrected chi connectivity index (χ2v) is 4.21. The van der Waals surface area contributed by atoms with E-state index >= 15 is 0 Å². The highest BCUT2D eigenvalue weighted by Gasteiger charge is 2.11. The highest BCUT2D eigenvalue weighted by Crippen LogP contribution is 2.27. The van der Waals surface area contributed by atoms with Crippen molar-refractivity contribution in [2.24, 2.45) is 0 Å². The van der Waals surface area contributed by atoms with Crippen LogP contribution in [0.4, 0.5) is 0 Å². The molecule has 0 aliphatic rings. The molecule has 1 rings (SSSR count). The fourth-order valence-corrected chi connectivity index (χ4v) is 1.78. The van der Waals surface area contributed by atoms with Gasteiger partial charge in [0.05, 0.1) is 38.0 Å². The summed E-state index contributed by atoms with van der Waals surface area (Å²) in [6, 6.07) is 5.82. The second-order valence-electron chi connectivity index (χ2n) is 3.80. The van der Waals surface area contributed by atoms with E-state index in [0.29, 0.717) is 30.6 Å². The van der Waals surface area contributed by atoms with Crippen LogP contribution in [-0.4, -0.2) is 41.1 Å². The lowest BCUT2D eigenvalue weighted by molar-refractivity contribution is 0.0596. The number of rotatable bonds is 8. The molecule has 0 spiro atoms. The van der Waals surface area contributed by atoms with Crippen LogP contribution in [-0.2, 0) is 9.47 Å². The normalized spacial score (nSPS) is 12.4. The summed E-state index contributed by atoms with van der Waals surface area (Å²) in [7, 11) is 5.16. The molecule has 0 saturated carbocycles. The van der Waals surface area contributed by atoms with Gasteiger partial charge in [0.1, 0.15) is 5.75 Å². The summed E-state index contributed by atoms with van der Waals surface area (Å²) < 4.78 is 15.7. The van der Waals surface area contributed by atoms with Crippen molar-refractivity contribution in [1.29, 1.82) is 0 Å². The van der Waals surface area contributed by atoms with E-state index in [1.165, 1.54) is 0 Å². The van der Waals surface area contributed by atoms with Gasteiger partial charge in [-0.2, -0.15) is 0 Å². The summed E-state index contributed by atoms with van der Waals surface area (Å²) in [5, 5.41) is 3.81. The summed E-state index contributed by atoms with van der Waals surface area (Å²) in [5.41, 5.74) is 1.08. The average molecular weight is 274 g/mol. The minimum absolute atomic E-state index is 0.105. The maximum absolute atomic E-state index is 6.00. The predicted molar refractivity (Wildman–Crippen MR) is 72.5 cm³/mol. The van der Waals surface area contributed by atoms with Gasteiger partial charge in [-0.15, -0.1) is 0 Å². The van der Waals surface area contributed by atoms with Gasteiger partial charge in [0, 0.05) is 7.11 Å². The molecule has 0 bridgehead atoms. The Balaban J connectivity index is 2.63. The lowest BCUT2D eigenvalue weighted by Gasteiger charge is -2.18. The third kappa shape index (κ3) is 4.46. The standard InChI is InChI=1S/C13H20ClNO3/c1-15-12(9-18-7-6-16-2)10-4-5-11(14)13(8-10)17-3/h4-5,8,12,15H,6-7,9H2,1-3H3. The average Bonchev–Trinajstić information content (AvgIpc) is 2.40. The number of methoxy groups -OCH3 is 2. The monoisotopic (exact) mass is 273 g/mol. The summed E-state index contributed by atoms with van der Waals surface area (Å²) in [4.78, 5) is 0. The van der Waals surface area contributed by atoms with Crippen molar-refractivity contribution >= 4 is 11.6 Å². The van der Waals surface area contributed by atoms with E-state index in [9.17, 15) is 0 Å². The number of halogens is 1. The Kier molecular flexibility index (Phi) is 7.05. The van der Waals surface area contributed by atoms with Gasteiger partial charge in [-0.1, -0.05) is 17.7 Å². The van der Waals surface area contributed by atoms with Crippen LogP contribution in [0.1, 0.15) is 11.6 Å². The van der Waals surface area contributed by atoms with Gasteiger partial charge in [0.25, 0.3) is 0 Å². The summed E-state index contributed by atoms with van der Waals surface area (Å²) >= 11 is 6.00. The molecular weight excluding hydrogens is 254 g/mol. The Morgan fingerprint density at radius 3 is 2.67 bits per heavy atom. The van der Waals surface area contributed by atoms with Crippen LogP contribution in [0.5, 0.6) is 5.75 Å². The maximum Gasteiger partial charge on any atom is 0.137 e. The lowest BCUT2D eigenvalue weighted by atomic mass is 10.1. The molecule has 0 aromatic heterocycles. The van der Waals surface area contributed by atoms with Crippen molar-refractivity contribution < 1.29 is 14.2 Å². The highest BCUT2D eigenvalue weighted by molar-refractivity contribution is 6.32. The Morgan fingerprint density at radius 2 is 2.06 bits per heavy atom. The van der Waals surface area contributed by atoms with Crippen molar-refractivity contribution in [2.45, 2.75) is 6.04 Å². The van der Waals surface area contributed by atoms with Crippen LogP contribution in [0.3, 0.4) is 0 Å². The van der Waals surface area contributed by atoms with Crippen molar-refractivity contribution in [3.8, 4) is 5.75 Å². The highest BCUT2D eigenvalue weighted by atomic mass is 35.5. The van der Waals surface area contributed by atoms with Crippen molar-refractivity contribution in [1.82, 2.24) is 5.32 Å². The number of ether oxygens (including phenoxy) is 3. The molecule has 0 heterocycles. The first-order valence-corrected chi connectivity index (χ1v) is 6.18. The molecule has 0 aliphatic heterocycles. The van der Waals surface area contributed by atoms with Crippen molar-refractivity contribution in [2.75, 3.05) is 41.1 Å². The molecule has 0 aliphatic carbocycles. The lowest BCUT2D eigenvalue weighted by Crippen LogP contribution is -2.22. The fourth-order valence-electron chi connectivity index (χ4n) is 1.58. The van der Waals surface area contributed by atoms with Gasteiger partial charge < -0.3 is 19.5 Å². The van der Waals surface area contributed by atoms with Gasteiger partial charge >= 0.3 is 0 Å². The third-order valence-corrected chi connectivity index (χ3v) is 2.95. The van der Waals surface area contributed by atoms with E-state index in [0.717, 1.165) is 5.56 Å². The number of hydrogen-bond donors (Lipinski definition) is 1. The molecule has 0 fully saturated rings. The first-order chi connectivity index (χ1) is 8.72. The number of hydrogen-bond acceptors (Lipinski definition) is 4. The molecule has 1 atom stereocenters. The largest absolute Gasteiger partial charge is 0.495 e. The Labute approximate surface area is 113 Å². The van der Waals surface area contributed by atoms with Crippen LogP contribution in [0.15, 0.2) is 18.2 Å². The molecule has 0 amide bonds. The Hall–Kier alpha value is -0.810. The minimum Gasteiger partial charge on any atom is -0.495 e. The van der Waals surface area contributed by atoms with Gasteiger partial charge in [0.2, 0.25) is 0 Å². The van der Waals surface area contributed by atoms with E-state index < -0.39 is 0 Å². The molecule has 18 heavy (non-hydrogen) atoms. The quantitative estimate of drug-likeness (QED) is 0.738. The van der Waals surface area contributed by atoms with Gasteiger partial charge in [-0.25, -0.2) is 0 Å². The van der Waals surface area contributed by atoms with E-state index in [-0.39, 0.29) is 6.04 Å². The fraction of sp³-hybridized carbons (Fsp3) is 0.538. The van der Waals surface area contributed by atoms with E-state index in [1.807, 2.05) is 25.2 Å². The van der Waals surface area contributed by atoms with Crippen LogP contribution in [0, 0.1) is 0 Å². The minimum atomic E-state index is 0.105. The molecule has 0 radical (unpaired) electrons. The zero-order valence-corrected chi connectivity index (χ0v) is 11.8. The number of benzene rings is 1. The van der Waals surface area contributed by atoms with Gasteiger partial charge in [-0.3, -0.25) is 0 Å². The molecule has 5 heteroatoms. The number of likely N-dealkylation sites (N-methyl/N-ethyl adjacent to an activating group) is 1. The first-order valence-electron chi connectivity index (χ1n) is 5.80. The molecule has 0 saturated heterocycles. The second kappa shape index (κ2) is 8.32. The molecule has 1 aromatic rings. The molecule has 1 aromatic carbocycles. The van der Waals surface area contributed by atoms with Crippen LogP contribution in [0.2, 0.25) is 5.02 Å². The smallest absolute Gasteiger partial charge is 0.137 e. The zero-order chi connectivity index (χ0) is 13.4. The van der Waals surface area contributed by atoms with Crippen molar-refractivity contribution in [3.63, 3.8) is 0 Å². The molecule has 1 N–H and O–H groups in total.